The van der Waals surface area contributed by atoms with Crippen molar-refractivity contribution in [2.75, 3.05) is 5.32 Å². The Hall–Kier alpha value is -2.50. The number of aryl methyl sites for hydroxylation is 2. The van der Waals surface area contributed by atoms with Crippen LogP contribution >= 0.6 is 0 Å². The third-order valence-electron chi connectivity index (χ3n) is 3.04. The number of hydrogen-bond acceptors (Lipinski definition) is 4. The van der Waals surface area contributed by atoms with Crippen molar-refractivity contribution in [3.63, 3.8) is 0 Å². The highest BCUT2D eigenvalue weighted by molar-refractivity contribution is 5.63. The zero-order valence-electron chi connectivity index (χ0n) is 11.2. The van der Waals surface area contributed by atoms with Crippen molar-refractivity contribution in [3.8, 4) is 0 Å². The highest BCUT2D eigenvalue weighted by Crippen LogP contribution is 2.27. The Labute approximate surface area is 115 Å². The Morgan fingerprint density at radius 2 is 2.10 bits per heavy atom. The van der Waals surface area contributed by atoms with Crippen molar-refractivity contribution in [2.24, 2.45) is 0 Å². The number of nitrogens with zero attached hydrogens (tertiary/aromatic N) is 2. The third kappa shape index (κ3) is 2.90. The van der Waals surface area contributed by atoms with Gasteiger partial charge in [-0.05, 0) is 37.1 Å². The van der Waals surface area contributed by atoms with Gasteiger partial charge in [0.2, 0.25) is 0 Å². The Bertz CT molecular complexity index is 659. The van der Waals surface area contributed by atoms with E-state index < -0.39 is 10.7 Å². The van der Waals surface area contributed by atoms with Gasteiger partial charge < -0.3 is 5.32 Å². The average molecular weight is 275 g/mol. The smallest absolute Gasteiger partial charge is 0.295 e. The number of rotatable bonds is 4. The van der Waals surface area contributed by atoms with Gasteiger partial charge in [-0.3, -0.25) is 15.1 Å². The van der Waals surface area contributed by atoms with Crippen LogP contribution in [0.1, 0.15) is 16.8 Å². The van der Waals surface area contributed by atoms with Crippen LogP contribution in [0.2, 0.25) is 0 Å². The maximum Gasteiger partial charge on any atom is 0.295 e. The summed E-state index contributed by atoms with van der Waals surface area (Å²) in [6, 6.07) is 6.10. The summed E-state index contributed by atoms with van der Waals surface area (Å²) in [6.07, 6.45) is 1.66. The van der Waals surface area contributed by atoms with E-state index in [9.17, 15) is 14.5 Å². The number of halogens is 1. The van der Waals surface area contributed by atoms with Crippen molar-refractivity contribution < 1.29 is 9.31 Å². The van der Waals surface area contributed by atoms with Crippen LogP contribution in [0.3, 0.4) is 0 Å². The van der Waals surface area contributed by atoms with Crippen molar-refractivity contribution in [2.45, 2.75) is 20.4 Å². The normalized spacial score (nSPS) is 10.3. The Kier molecular flexibility index (Phi) is 3.93. The van der Waals surface area contributed by atoms with E-state index in [4.69, 9.17) is 0 Å². The molecule has 1 N–H and O–H groups in total. The number of benzene rings is 1. The first-order valence-corrected chi connectivity index (χ1v) is 6.08. The number of pyridine rings is 1. The Balaban J connectivity index is 2.27. The van der Waals surface area contributed by atoms with Crippen molar-refractivity contribution >= 4 is 11.4 Å². The van der Waals surface area contributed by atoms with Gasteiger partial charge in [0, 0.05) is 6.20 Å². The van der Waals surface area contributed by atoms with Gasteiger partial charge in [-0.1, -0.05) is 6.07 Å². The molecule has 0 radical (unpaired) electrons. The summed E-state index contributed by atoms with van der Waals surface area (Å²) in [4.78, 5) is 14.5. The zero-order chi connectivity index (χ0) is 14.7. The summed E-state index contributed by atoms with van der Waals surface area (Å²) in [5.41, 5.74) is 2.15. The Morgan fingerprint density at radius 1 is 1.35 bits per heavy atom. The highest BCUT2D eigenvalue weighted by atomic mass is 19.1. The third-order valence-corrected chi connectivity index (χ3v) is 3.04. The molecule has 0 aliphatic rings. The summed E-state index contributed by atoms with van der Waals surface area (Å²) in [5, 5.41) is 13.9. The lowest BCUT2D eigenvalue weighted by Gasteiger charge is -2.09. The second kappa shape index (κ2) is 5.64. The van der Waals surface area contributed by atoms with E-state index in [0.29, 0.717) is 17.8 Å². The predicted molar refractivity (Wildman–Crippen MR) is 74.1 cm³/mol. The number of nitrogens with one attached hydrogen (secondary N) is 1. The van der Waals surface area contributed by atoms with E-state index in [0.717, 1.165) is 17.3 Å². The zero-order valence-corrected chi connectivity index (χ0v) is 11.2. The fourth-order valence-corrected chi connectivity index (χ4v) is 1.85. The largest absolute Gasteiger partial charge is 0.374 e. The minimum atomic E-state index is -0.601. The molecule has 2 rings (SSSR count). The molecule has 0 unspecified atom stereocenters. The molecule has 1 aromatic heterocycles. The average Bonchev–Trinajstić information content (AvgIpc) is 2.41. The van der Waals surface area contributed by atoms with Crippen molar-refractivity contribution in [3.05, 3.63) is 63.2 Å². The first-order valence-electron chi connectivity index (χ1n) is 6.08. The lowest BCUT2D eigenvalue weighted by molar-refractivity contribution is -0.384. The number of anilines is 1. The SMILES string of the molecule is Cc1cc(NCc2ncccc2C)c([N+](=O)[O-])cc1F. The lowest BCUT2D eigenvalue weighted by Crippen LogP contribution is -2.06. The molecule has 1 heterocycles. The van der Waals surface area contributed by atoms with Gasteiger partial charge >= 0.3 is 0 Å². The summed E-state index contributed by atoms with van der Waals surface area (Å²) in [6.45, 7) is 3.82. The van der Waals surface area contributed by atoms with Gasteiger partial charge in [-0.2, -0.15) is 0 Å². The number of nitro benzene ring substituents is 1. The van der Waals surface area contributed by atoms with E-state index in [1.807, 2.05) is 19.1 Å². The molecule has 6 heteroatoms. The molecule has 0 aliphatic carbocycles. The van der Waals surface area contributed by atoms with Crippen LogP contribution in [-0.2, 0) is 6.54 Å². The van der Waals surface area contributed by atoms with Gasteiger partial charge in [-0.15, -0.1) is 0 Å². The molecule has 0 atom stereocenters. The van der Waals surface area contributed by atoms with Gasteiger partial charge in [0.1, 0.15) is 11.5 Å². The van der Waals surface area contributed by atoms with Crippen LogP contribution in [0.15, 0.2) is 30.5 Å². The molecule has 0 spiro atoms. The molecule has 0 aliphatic heterocycles. The molecular formula is C14H14FN3O2. The molecule has 20 heavy (non-hydrogen) atoms. The maximum atomic E-state index is 13.4. The number of aromatic nitrogens is 1. The second-order valence-electron chi connectivity index (χ2n) is 4.50. The van der Waals surface area contributed by atoms with Crippen molar-refractivity contribution in [1.29, 1.82) is 0 Å². The summed E-state index contributed by atoms with van der Waals surface area (Å²) < 4.78 is 13.4. The molecule has 1 aromatic carbocycles. The maximum absolute atomic E-state index is 13.4. The Morgan fingerprint density at radius 3 is 2.75 bits per heavy atom. The predicted octanol–water partition coefficient (Wildman–Crippen LogP) is 3.36. The van der Waals surface area contributed by atoms with Gasteiger partial charge in [0.15, 0.2) is 0 Å². The van der Waals surface area contributed by atoms with Crippen LogP contribution in [-0.4, -0.2) is 9.91 Å². The van der Waals surface area contributed by atoms with Gasteiger partial charge in [-0.25, -0.2) is 4.39 Å². The van der Waals surface area contributed by atoms with E-state index in [1.165, 1.54) is 6.07 Å². The van der Waals surface area contributed by atoms with Crippen LogP contribution in [0, 0.1) is 29.8 Å². The molecule has 104 valence electrons. The van der Waals surface area contributed by atoms with Gasteiger partial charge in [0.25, 0.3) is 5.69 Å². The van der Waals surface area contributed by atoms with Crippen LogP contribution in [0.25, 0.3) is 0 Å². The van der Waals surface area contributed by atoms with E-state index in [1.54, 1.807) is 13.1 Å². The number of hydrogen-bond donors (Lipinski definition) is 1. The minimum Gasteiger partial charge on any atom is -0.374 e. The fraction of sp³-hybridized carbons (Fsp3) is 0.214. The molecule has 0 amide bonds. The van der Waals surface area contributed by atoms with Crippen molar-refractivity contribution in [1.82, 2.24) is 4.98 Å². The fourth-order valence-electron chi connectivity index (χ4n) is 1.85. The topological polar surface area (TPSA) is 68.1 Å². The van der Waals surface area contributed by atoms with E-state index >= 15 is 0 Å². The lowest BCUT2D eigenvalue weighted by atomic mass is 10.1. The molecule has 0 saturated heterocycles. The van der Waals surface area contributed by atoms with Crippen LogP contribution < -0.4 is 5.32 Å². The standard InChI is InChI=1S/C14H14FN3O2/c1-9-4-3-5-16-13(9)8-17-12-6-10(2)11(15)7-14(12)18(19)20/h3-7,17H,8H2,1-2H3. The second-order valence-corrected chi connectivity index (χ2v) is 4.50. The molecule has 2 aromatic rings. The molecule has 5 nitrogen and oxygen atoms in total. The first-order chi connectivity index (χ1) is 9.49. The molecule has 0 bridgehead atoms. The van der Waals surface area contributed by atoms with Gasteiger partial charge in [0.05, 0.1) is 23.2 Å². The van der Waals surface area contributed by atoms with E-state index in [-0.39, 0.29) is 5.69 Å². The summed E-state index contributed by atoms with van der Waals surface area (Å²) in [7, 11) is 0. The molecule has 0 fully saturated rings. The molecular weight excluding hydrogens is 261 g/mol. The number of nitro groups is 1. The quantitative estimate of drug-likeness (QED) is 0.686. The summed E-state index contributed by atoms with van der Waals surface area (Å²) in [5.74, 6) is -0.587. The van der Waals surface area contributed by atoms with Crippen LogP contribution in [0.4, 0.5) is 15.8 Å². The van der Waals surface area contributed by atoms with Crippen LogP contribution in [0.5, 0.6) is 0 Å². The summed E-state index contributed by atoms with van der Waals surface area (Å²) >= 11 is 0. The van der Waals surface area contributed by atoms with E-state index in [2.05, 4.69) is 10.3 Å². The first kappa shape index (κ1) is 13.9. The molecule has 0 saturated carbocycles. The minimum absolute atomic E-state index is 0.276. The highest BCUT2D eigenvalue weighted by Gasteiger charge is 2.17. The monoisotopic (exact) mass is 275 g/mol.